The summed E-state index contributed by atoms with van der Waals surface area (Å²) < 4.78 is 10.7. The second-order valence-corrected chi connectivity index (χ2v) is 4.94. The largest absolute Gasteiger partial charge is 0.493 e. The van der Waals surface area contributed by atoms with Crippen molar-refractivity contribution in [3.05, 3.63) is 29.8 Å². The van der Waals surface area contributed by atoms with Crippen LogP contribution in [0, 0.1) is 5.92 Å². The third-order valence-electron chi connectivity index (χ3n) is 2.72. The first-order valence-electron chi connectivity index (χ1n) is 6.58. The highest BCUT2D eigenvalue weighted by Crippen LogP contribution is 2.17. The van der Waals surface area contributed by atoms with Crippen LogP contribution in [0.25, 0.3) is 0 Å². The molecule has 0 bridgehead atoms. The van der Waals surface area contributed by atoms with Crippen molar-refractivity contribution in [2.24, 2.45) is 5.92 Å². The number of methoxy groups -OCH3 is 1. The molecule has 0 fully saturated rings. The molecule has 102 valence electrons. The number of hydrogen-bond acceptors (Lipinski definition) is 3. The van der Waals surface area contributed by atoms with Crippen molar-refractivity contribution >= 4 is 0 Å². The van der Waals surface area contributed by atoms with Gasteiger partial charge in [-0.05, 0) is 30.5 Å². The second kappa shape index (κ2) is 8.11. The van der Waals surface area contributed by atoms with E-state index in [0.29, 0.717) is 12.0 Å². The topological polar surface area (TPSA) is 30.5 Å². The summed E-state index contributed by atoms with van der Waals surface area (Å²) in [5, 5.41) is 3.40. The van der Waals surface area contributed by atoms with Gasteiger partial charge in [0.1, 0.15) is 5.75 Å². The first-order chi connectivity index (χ1) is 8.63. The highest BCUT2D eigenvalue weighted by molar-refractivity contribution is 5.28. The Morgan fingerprint density at radius 2 is 1.78 bits per heavy atom. The molecule has 3 nitrogen and oxygen atoms in total. The van der Waals surface area contributed by atoms with Crippen LogP contribution < -0.4 is 10.1 Å². The highest BCUT2D eigenvalue weighted by atomic mass is 16.5. The smallest absolute Gasteiger partial charge is 0.119 e. The standard InChI is InChI=1S/C15H25NO2/c1-12(2)11-18-15-7-5-14(6-8-15)13(3)16-9-10-17-4/h5-8,12-13,16H,9-11H2,1-4H3/t13-/m0/s1. The fourth-order valence-corrected chi connectivity index (χ4v) is 1.61. The summed E-state index contributed by atoms with van der Waals surface area (Å²) in [5.74, 6) is 1.50. The highest BCUT2D eigenvalue weighted by Gasteiger charge is 2.04. The molecule has 0 spiro atoms. The molecular weight excluding hydrogens is 226 g/mol. The molecule has 1 rings (SSSR count). The summed E-state index contributed by atoms with van der Waals surface area (Å²) >= 11 is 0. The SMILES string of the molecule is COCCN[C@@H](C)c1ccc(OCC(C)C)cc1. The lowest BCUT2D eigenvalue weighted by molar-refractivity contribution is 0.196. The molecule has 0 unspecified atom stereocenters. The zero-order valence-electron chi connectivity index (χ0n) is 11.9. The van der Waals surface area contributed by atoms with E-state index < -0.39 is 0 Å². The van der Waals surface area contributed by atoms with Crippen LogP contribution in [0.4, 0.5) is 0 Å². The van der Waals surface area contributed by atoms with Crippen LogP contribution in [0.1, 0.15) is 32.4 Å². The summed E-state index contributed by atoms with van der Waals surface area (Å²) in [4.78, 5) is 0. The molecule has 0 heterocycles. The van der Waals surface area contributed by atoms with Crippen LogP contribution in [0.3, 0.4) is 0 Å². The monoisotopic (exact) mass is 251 g/mol. The van der Waals surface area contributed by atoms with Crippen molar-refractivity contribution in [1.82, 2.24) is 5.32 Å². The lowest BCUT2D eigenvalue weighted by Gasteiger charge is -2.15. The minimum absolute atomic E-state index is 0.333. The van der Waals surface area contributed by atoms with Crippen LogP contribution in [0.2, 0.25) is 0 Å². The van der Waals surface area contributed by atoms with Gasteiger partial charge in [0.25, 0.3) is 0 Å². The summed E-state index contributed by atoms with van der Waals surface area (Å²) in [7, 11) is 1.72. The summed E-state index contributed by atoms with van der Waals surface area (Å²) in [6.07, 6.45) is 0. The predicted molar refractivity (Wildman–Crippen MR) is 75.1 cm³/mol. The number of ether oxygens (including phenoxy) is 2. The minimum atomic E-state index is 0.333. The van der Waals surface area contributed by atoms with E-state index in [1.165, 1.54) is 5.56 Å². The molecule has 0 saturated heterocycles. The maximum atomic E-state index is 5.66. The van der Waals surface area contributed by atoms with Gasteiger partial charge in [-0.15, -0.1) is 0 Å². The van der Waals surface area contributed by atoms with E-state index in [4.69, 9.17) is 9.47 Å². The average Bonchev–Trinajstić information content (AvgIpc) is 2.37. The van der Waals surface area contributed by atoms with E-state index in [1.54, 1.807) is 7.11 Å². The van der Waals surface area contributed by atoms with Gasteiger partial charge < -0.3 is 14.8 Å². The Morgan fingerprint density at radius 1 is 1.11 bits per heavy atom. The molecule has 0 aromatic heterocycles. The van der Waals surface area contributed by atoms with E-state index in [1.807, 2.05) is 12.1 Å². The summed E-state index contributed by atoms with van der Waals surface area (Å²) in [6, 6.07) is 8.62. The molecular formula is C15H25NO2. The van der Waals surface area contributed by atoms with Gasteiger partial charge in [-0.25, -0.2) is 0 Å². The predicted octanol–water partition coefficient (Wildman–Crippen LogP) is 3.02. The Labute approximate surface area is 110 Å². The lowest BCUT2D eigenvalue weighted by Crippen LogP contribution is -2.22. The van der Waals surface area contributed by atoms with Gasteiger partial charge in [0.2, 0.25) is 0 Å². The minimum Gasteiger partial charge on any atom is -0.493 e. The Morgan fingerprint density at radius 3 is 2.33 bits per heavy atom. The quantitative estimate of drug-likeness (QED) is 0.720. The summed E-state index contributed by atoms with van der Waals surface area (Å²) in [6.45, 7) is 8.82. The van der Waals surface area contributed by atoms with E-state index in [-0.39, 0.29) is 0 Å². The fraction of sp³-hybridized carbons (Fsp3) is 0.600. The van der Waals surface area contributed by atoms with Crippen molar-refractivity contribution in [3.63, 3.8) is 0 Å². The second-order valence-electron chi connectivity index (χ2n) is 4.94. The van der Waals surface area contributed by atoms with Gasteiger partial charge in [0.05, 0.1) is 13.2 Å². The zero-order chi connectivity index (χ0) is 13.4. The molecule has 3 heteroatoms. The van der Waals surface area contributed by atoms with Gasteiger partial charge in [-0.3, -0.25) is 0 Å². The van der Waals surface area contributed by atoms with Crippen LogP contribution >= 0.6 is 0 Å². The normalized spacial score (nSPS) is 12.7. The van der Waals surface area contributed by atoms with Crippen LogP contribution in [-0.4, -0.2) is 26.9 Å². The number of nitrogens with one attached hydrogen (secondary N) is 1. The third-order valence-corrected chi connectivity index (χ3v) is 2.72. The molecule has 1 atom stereocenters. The van der Waals surface area contributed by atoms with Crippen molar-refractivity contribution in [2.75, 3.05) is 26.9 Å². The third kappa shape index (κ3) is 5.52. The van der Waals surface area contributed by atoms with Gasteiger partial charge in [-0.2, -0.15) is 0 Å². The Bertz CT molecular complexity index is 322. The van der Waals surface area contributed by atoms with E-state index in [0.717, 1.165) is 25.5 Å². The molecule has 1 aromatic rings. The van der Waals surface area contributed by atoms with Crippen molar-refractivity contribution in [3.8, 4) is 5.75 Å². The van der Waals surface area contributed by atoms with Gasteiger partial charge >= 0.3 is 0 Å². The lowest BCUT2D eigenvalue weighted by atomic mass is 10.1. The molecule has 0 saturated carbocycles. The van der Waals surface area contributed by atoms with Crippen molar-refractivity contribution in [2.45, 2.75) is 26.8 Å². The Hall–Kier alpha value is -1.06. The first-order valence-corrected chi connectivity index (χ1v) is 6.58. The fourth-order valence-electron chi connectivity index (χ4n) is 1.61. The van der Waals surface area contributed by atoms with Crippen LogP contribution in [0.15, 0.2) is 24.3 Å². The molecule has 0 aliphatic carbocycles. The van der Waals surface area contributed by atoms with Crippen LogP contribution in [0.5, 0.6) is 5.75 Å². The molecule has 18 heavy (non-hydrogen) atoms. The average molecular weight is 251 g/mol. The molecule has 1 aromatic carbocycles. The van der Waals surface area contributed by atoms with Crippen LogP contribution in [-0.2, 0) is 4.74 Å². The molecule has 0 aliphatic rings. The maximum Gasteiger partial charge on any atom is 0.119 e. The molecule has 1 N–H and O–H groups in total. The number of hydrogen-bond donors (Lipinski definition) is 1. The van der Waals surface area contributed by atoms with Crippen molar-refractivity contribution < 1.29 is 9.47 Å². The van der Waals surface area contributed by atoms with Gasteiger partial charge in [-0.1, -0.05) is 26.0 Å². The van der Waals surface area contributed by atoms with E-state index in [2.05, 4.69) is 38.2 Å². The Kier molecular flexibility index (Phi) is 6.76. The van der Waals surface area contributed by atoms with E-state index >= 15 is 0 Å². The zero-order valence-corrected chi connectivity index (χ0v) is 11.9. The molecule has 0 radical (unpaired) electrons. The first kappa shape index (κ1) is 15.0. The number of rotatable bonds is 8. The van der Waals surface area contributed by atoms with Gasteiger partial charge in [0, 0.05) is 19.7 Å². The Balaban J connectivity index is 2.43. The molecule has 0 amide bonds. The van der Waals surface area contributed by atoms with E-state index in [9.17, 15) is 0 Å². The van der Waals surface area contributed by atoms with Gasteiger partial charge in [0.15, 0.2) is 0 Å². The number of benzene rings is 1. The molecule has 0 aliphatic heterocycles. The maximum absolute atomic E-state index is 5.66. The summed E-state index contributed by atoms with van der Waals surface area (Å²) in [5.41, 5.74) is 1.27. The van der Waals surface area contributed by atoms with Crippen molar-refractivity contribution in [1.29, 1.82) is 0 Å².